The van der Waals surface area contributed by atoms with E-state index in [-0.39, 0.29) is 5.60 Å². The summed E-state index contributed by atoms with van der Waals surface area (Å²) in [6.07, 6.45) is -0.543. The Balaban J connectivity index is 2.06. The van der Waals surface area contributed by atoms with Gasteiger partial charge in [0.25, 0.3) is 0 Å². The lowest BCUT2D eigenvalue weighted by Gasteiger charge is -2.39. The molecule has 1 fully saturated rings. The molecule has 1 amide bonds. The van der Waals surface area contributed by atoms with Crippen LogP contribution in [-0.4, -0.2) is 30.4 Å². The third-order valence-corrected chi connectivity index (χ3v) is 3.27. The fourth-order valence-electron chi connectivity index (χ4n) is 1.91. The van der Waals surface area contributed by atoms with E-state index in [4.69, 9.17) is 21.1 Å². The molecule has 5 nitrogen and oxygen atoms in total. The van der Waals surface area contributed by atoms with E-state index in [1.807, 2.05) is 6.92 Å². The van der Waals surface area contributed by atoms with E-state index in [0.717, 1.165) is 13.1 Å². The van der Waals surface area contributed by atoms with E-state index in [1.165, 1.54) is 0 Å². The van der Waals surface area contributed by atoms with Gasteiger partial charge in [0.1, 0.15) is 17.0 Å². The molecule has 1 saturated heterocycles. The highest BCUT2D eigenvalue weighted by Crippen LogP contribution is 2.30. The number of hydrogen-bond acceptors (Lipinski definition) is 4. The van der Waals surface area contributed by atoms with Crippen molar-refractivity contribution < 1.29 is 14.3 Å². The smallest absolute Gasteiger partial charge is 0.412 e. The maximum atomic E-state index is 11.8. The summed E-state index contributed by atoms with van der Waals surface area (Å²) in [4.78, 5) is 11.8. The van der Waals surface area contributed by atoms with E-state index < -0.39 is 11.7 Å². The average Bonchev–Trinajstić information content (AvgIpc) is 2.29. The number of rotatable bonds is 3. The van der Waals surface area contributed by atoms with E-state index in [9.17, 15) is 4.79 Å². The van der Waals surface area contributed by atoms with Crippen LogP contribution in [0.5, 0.6) is 5.75 Å². The molecular formula is C15H21ClN2O3. The minimum atomic E-state index is -0.560. The molecule has 0 saturated carbocycles. The first-order chi connectivity index (χ1) is 9.67. The maximum Gasteiger partial charge on any atom is 0.412 e. The van der Waals surface area contributed by atoms with Gasteiger partial charge in [-0.3, -0.25) is 5.32 Å². The Morgan fingerprint density at radius 3 is 2.57 bits per heavy atom. The second kappa shape index (κ2) is 5.73. The van der Waals surface area contributed by atoms with Gasteiger partial charge in [-0.1, -0.05) is 11.6 Å². The molecule has 1 aromatic rings. The maximum absolute atomic E-state index is 11.8. The van der Waals surface area contributed by atoms with Crippen molar-refractivity contribution in [2.75, 3.05) is 18.4 Å². The van der Waals surface area contributed by atoms with Gasteiger partial charge < -0.3 is 14.8 Å². The topological polar surface area (TPSA) is 59.6 Å². The third-order valence-electron chi connectivity index (χ3n) is 2.94. The highest BCUT2D eigenvalue weighted by atomic mass is 35.5. The Morgan fingerprint density at radius 2 is 2.05 bits per heavy atom. The molecule has 0 unspecified atom stereocenters. The second-order valence-electron chi connectivity index (χ2n) is 6.42. The summed E-state index contributed by atoms with van der Waals surface area (Å²) in [6, 6.07) is 5.18. The molecule has 0 spiro atoms. The Bertz CT molecular complexity index is 536. The number of anilines is 1. The second-order valence-corrected chi connectivity index (χ2v) is 6.83. The molecule has 21 heavy (non-hydrogen) atoms. The molecule has 0 bridgehead atoms. The van der Waals surface area contributed by atoms with Crippen LogP contribution in [0.2, 0.25) is 5.02 Å². The third kappa shape index (κ3) is 4.51. The highest BCUT2D eigenvalue weighted by molar-refractivity contribution is 6.33. The van der Waals surface area contributed by atoms with Crippen molar-refractivity contribution in [3.8, 4) is 5.75 Å². The van der Waals surface area contributed by atoms with Crippen LogP contribution in [0, 0.1) is 0 Å². The number of amides is 1. The predicted octanol–water partition coefficient (Wildman–Crippen LogP) is 3.43. The molecule has 116 valence electrons. The lowest BCUT2D eigenvalue weighted by Crippen LogP contribution is -2.61. The van der Waals surface area contributed by atoms with Crippen molar-refractivity contribution in [1.29, 1.82) is 0 Å². The molecule has 6 heteroatoms. The molecule has 0 aliphatic carbocycles. The molecular weight excluding hydrogens is 292 g/mol. The highest BCUT2D eigenvalue weighted by Gasteiger charge is 2.33. The first-order valence-corrected chi connectivity index (χ1v) is 7.24. The van der Waals surface area contributed by atoms with E-state index >= 15 is 0 Å². The molecule has 1 aromatic carbocycles. The zero-order valence-electron chi connectivity index (χ0n) is 12.7. The van der Waals surface area contributed by atoms with Crippen LogP contribution in [0.15, 0.2) is 18.2 Å². The largest absolute Gasteiger partial charge is 0.485 e. The Hall–Kier alpha value is -1.46. The summed E-state index contributed by atoms with van der Waals surface area (Å²) < 4.78 is 11.1. The zero-order chi connectivity index (χ0) is 15.7. The minimum Gasteiger partial charge on any atom is -0.485 e. The standard InChI is InChI=1S/C15H21ClN2O3/c1-14(2,3)21-13(19)18-12-7-10(5-6-11(12)16)20-15(4)8-17-9-15/h5-7,17H,8-9H2,1-4H3,(H,18,19). The normalized spacial score (nSPS) is 16.8. The Morgan fingerprint density at radius 1 is 1.38 bits per heavy atom. The quantitative estimate of drug-likeness (QED) is 0.897. The summed E-state index contributed by atoms with van der Waals surface area (Å²) in [5, 5.41) is 6.24. The van der Waals surface area contributed by atoms with Gasteiger partial charge in [-0.05, 0) is 39.8 Å². The first kappa shape index (κ1) is 15.9. The number of ether oxygens (including phenoxy) is 2. The number of nitrogens with one attached hydrogen (secondary N) is 2. The summed E-state index contributed by atoms with van der Waals surface area (Å²) >= 11 is 6.09. The molecule has 0 aromatic heterocycles. The molecule has 0 radical (unpaired) electrons. The first-order valence-electron chi connectivity index (χ1n) is 6.86. The van der Waals surface area contributed by atoms with Crippen molar-refractivity contribution >= 4 is 23.4 Å². The SMILES string of the molecule is CC(C)(C)OC(=O)Nc1cc(OC2(C)CNC2)ccc1Cl. The number of hydrogen-bond donors (Lipinski definition) is 2. The van der Waals surface area contributed by atoms with Gasteiger partial charge in [-0.15, -0.1) is 0 Å². The Labute approximate surface area is 130 Å². The molecule has 1 aliphatic rings. The molecule has 1 aliphatic heterocycles. The zero-order valence-corrected chi connectivity index (χ0v) is 13.5. The van der Waals surface area contributed by atoms with Gasteiger partial charge in [-0.25, -0.2) is 4.79 Å². The fourth-order valence-corrected chi connectivity index (χ4v) is 2.08. The minimum absolute atomic E-state index is 0.211. The van der Waals surface area contributed by atoms with Crippen LogP contribution in [0.25, 0.3) is 0 Å². The number of carbonyl (C=O) groups is 1. The summed E-state index contributed by atoms with van der Waals surface area (Å²) in [6.45, 7) is 9.03. The van der Waals surface area contributed by atoms with Gasteiger partial charge in [0.05, 0.1) is 10.7 Å². The molecule has 2 N–H and O–H groups in total. The number of benzene rings is 1. The average molecular weight is 313 g/mol. The summed E-state index contributed by atoms with van der Waals surface area (Å²) in [7, 11) is 0. The van der Waals surface area contributed by atoms with Crippen LogP contribution < -0.4 is 15.4 Å². The lowest BCUT2D eigenvalue weighted by atomic mass is 10.00. The summed E-state index contributed by atoms with van der Waals surface area (Å²) in [5.41, 5.74) is -0.299. The van der Waals surface area contributed by atoms with Crippen molar-refractivity contribution in [3.63, 3.8) is 0 Å². The molecule has 2 rings (SSSR count). The Kier molecular flexibility index (Phi) is 4.35. The van der Waals surface area contributed by atoms with Crippen molar-refractivity contribution in [1.82, 2.24) is 5.32 Å². The van der Waals surface area contributed by atoms with Crippen LogP contribution in [0.3, 0.4) is 0 Å². The molecule has 1 heterocycles. The van der Waals surface area contributed by atoms with Gasteiger partial charge in [0.2, 0.25) is 0 Å². The van der Waals surface area contributed by atoms with E-state index in [1.54, 1.807) is 39.0 Å². The van der Waals surface area contributed by atoms with Gasteiger partial charge in [-0.2, -0.15) is 0 Å². The summed E-state index contributed by atoms with van der Waals surface area (Å²) in [5.74, 6) is 0.662. The van der Waals surface area contributed by atoms with E-state index in [2.05, 4.69) is 10.6 Å². The number of carbonyl (C=O) groups excluding carboxylic acids is 1. The van der Waals surface area contributed by atoms with Crippen LogP contribution in [-0.2, 0) is 4.74 Å². The van der Waals surface area contributed by atoms with E-state index in [0.29, 0.717) is 16.5 Å². The van der Waals surface area contributed by atoms with Crippen LogP contribution in [0.4, 0.5) is 10.5 Å². The van der Waals surface area contributed by atoms with Crippen molar-refractivity contribution in [3.05, 3.63) is 23.2 Å². The predicted molar refractivity (Wildman–Crippen MR) is 83.2 cm³/mol. The van der Waals surface area contributed by atoms with Crippen LogP contribution >= 0.6 is 11.6 Å². The van der Waals surface area contributed by atoms with Gasteiger partial charge >= 0.3 is 6.09 Å². The fraction of sp³-hybridized carbons (Fsp3) is 0.533. The molecule has 0 atom stereocenters. The van der Waals surface area contributed by atoms with Gasteiger partial charge in [0.15, 0.2) is 0 Å². The van der Waals surface area contributed by atoms with Gasteiger partial charge in [0, 0.05) is 19.2 Å². The van der Waals surface area contributed by atoms with Crippen molar-refractivity contribution in [2.24, 2.45) is 0 Å². The van der Waals surface area contributed by atoms with Crippen LogP contribution in [0.1, 0.15) is 27.7 Å². The van der Waals surface area contributed by atoms with Crippen molar-refractivity contribution in [2.45, 2.75) is 38.9 Å². The number of halogens is 1. The monoisotopic (exact) mass is 312 g/mol. The lowest BCUT2D eigenvalue weighted by molar-refractivity contribution is 0.0349.